The summed E-state index contributed by atoms with van der Waals surface area (Å²) in [4.78, 5) is 11.3. The Morgan fingerprint density at radius 3 is 3.00 bits per heavy atom. The van der Waals surface area contributed by atoms with E-state index in [1.807, 2.05) is 13.8 Å². The third-order valence-corrected chi connectivity index (χ3v) is 1.88. The predicted molar refractivity (Wildman–Crippen MR) is 50.5 cm³/mol. The molecule has 1 saturated heterocycles. The number of morpholine rings is 1. The Bertz CT molecular complexity index is 165. The van der Waals surface area contributed by atoms with Gasteiger partial charge in [-0.15, -0.1) is 0 Å². The van der Waals surface area contributed by atoms with Gasteiger partial charge >= 0.3 is 0 Å². The lowest BCUT2D eigenvalue weighted by molar-refractivity contribution is -0.122. The molecule has 4 heteroatoms. The second-order valence-electron chi connectivity index (χ2n) is 3.65. The minimum absolute atomic E-state index is 0.0954. The highest BCUT2D eigenvalue weighted by Crippen LogP contribution is 1.98. The predicted octanol–water partition coefficient (Wildman–Crippen LogP) is -0.110. The van der Waals surface area contributed by atoms with Crippen LogP contribution in [0.5, 0.6) is 0 Å². The van der Waals surface area contributed by atoms with E-state index < -0.39 is 0 Å². The van der Waals surface area contributed by atoms with Gasteiger partial charge in [-0.1, -0.05) is 0 Å². The second-order valence-corrected chi connectivity index (χ2v) is 3.65. The van der Waals surface area contributed by atoms with Gasteiger partial charge in [0.1, 0.15) is 0 Å². The third kappa shape index (κ3) is 4.24. The van der Waals surface area contributed by atoms with Crippen molar-refractivity contribution in [2.75, 3.05) is 19.8 Å². The van der Waals surface area contributed by atoms with Crippen molar-refractivity contribution >= 4 is 5.91 Å². The minimum atomic E-state index is 0.0954. The second kappa shape index (κ2) is 5.19. The van der Waals surface area contributed by atoms with Crippen molar-refractivity contribution in [2.24, 2.45) is 0 Å². The van der Waals surface area contributed by atoms with E-state index in [1.54, 1.807) is 0 Å². The van der Waals surface area contributed by atoms with E-state index >= 15 is 0 Å². The van der Waals surface area contributed by atoms with Gasteiger partial charge in [0.05, 0.1) is 13.2 Å². The van der Waals surface area contributed by atoms with Gasteiger partial charge in [0, 0.05) is 25.0 Å². The Morgan fingerprint density at radius 1 is 1.69 bits per heavy atom. The zero-order chi connectivity index (χ0) is 9.68. The third-order valence-electron chi connectivity index (χ3n) is 1.88. The first-order valence-electron chi connectivity index (χ1n) is 4.79. The quantitative estimate of drug-likeness (QED) is 0.646. The molecule has 4 nitrogen and oxygen atoms in total. The fraction of sp³-hybridized carbons (Fsp3) is 0.889. The summed E-state index contributed by atoms with van der Waals surface area (Å²) < 4.78 is 5.25. The molecule has 76 valence electrons. The summed E-state index contributed by atoms with van der Waals surface area (Å²) in [6.07, 6.45) is 0.512. The van der Waals surface area contributed by atoms with Crippen LogP contribution in [0.25, 0.3) is 0 Å². The van der Waals surface area contributed by atoms with Crippen LogP contribution in [-0.2, 0) is 9.53 Å². The fourth-order valence-electron chi connectivity index (χ4n) is 1.36. The highest BCUT2D eigenvalue weighted by atomic mass is 16.5. The van der Waals surface area contributed by atoms with E-state index in [2.05, 4.69) is 10.6 Å². The molecule has 1 aliphatic rings. The molecular formula is C9H18N2O2. The molecule has 1 amide bonds. The highest BCUT2D eigenvalue weighted by Gasteiger charge is 2.16. The number of carbonyl (C=O) groups excluding carboxylic acids is 1. The highest BCUT2D eigenvalue weighted by molar-refractivity contribution is 5.76. The van der Waals surface area contributed by atoms with E-state index in [4.69, 9.17) is 4.74 Å². The van der Waals surface area contributed by atoms with Gasteiger partial charge in [0.2, 0.25) is 5.91 Å². The Balaban J connectivity index is 2.18. The molecule has 1 aliphatic heterocycles. The Morgan fingerprint density at radius 2 is 2.46 bits per heavy atom. The first-order chi connectivity index (χ1) is 6.18. The lowest BCUT2D eigenvalue weighted by Gasteiger charge is -2.23. The number of hydrogen-bond acceptors (Lipinski definition) is 3. The van der Waals surface area contributed by atoms with Crippen LogP contribution >= 0.6 is 0 Å². The molecule has 0 aliphatic carbocycles. The minimum Gasteiger partial charge on any atom is -0.378 e. The SMILES string of the molecule is CC(C)NC(=O)CC1COCCN1. The topological polar surface area (TPSA) is 50.4 Å². The average molecular weight is 186 g/mol. The lowest BCUT2D eigenvalue weighted by atomic mass is 10.2. The van der Waals surface area contributed by atoms with Gasteiger partial charge in [-0.2, -0.15) is 0 Å². The molecule has 1 fully saturated rings. The first kappa shape index (κ1) is 10.5. The van der Waals surface area contributed by atoms with Crippen LogP contribution in [0.2, 0.25) is 0 Å². The van der Waals surface area contributed by atoms with Gasteiger partial charge in [0.15, 0.2) is 0 Å². The van der Waals surface area contributed by atoms with E-state index in [9.17, 15) is 4.79 Å². The molecule has 13 heavy (non-hydrogen) atoms. The number of hydrogen-bond donors (Lipinski definition) is 2. The van der Waals surface area contributed by atoms with Crippen LogP contribution < -0.4 is 10.6 Å². The molecular weight excluding hydrogens is 168 g/mol. The molecule has 2 N–H and O–H groups in total. The average Bonchev–Trinajstić information content (AvgIpc) is 2.04. The van der Waals surface area contributed by atoms with Crippen LogP contribution in [0.4, 0.5) is 0 Å². The zero-order valence-corrected chi connectivity index (χ0v) is 8.30. The molecule has 1 atom stereocenters. The van der Waals surface area contributed by atoms with Crippen molar-refractivity contribution in [3.8, 4) is 0 Å². The molecule has 0 aromatic heterocycles. The van der Waals surface area contributed by atoms with Crippen molar-refractivity contribution in [3.05, 3.63) is 0 Å². The Kier molecular flexibility index (Phi) is 4.18. The molecule has 0 saturated carbocycles. The standard InChI is InChI=1S/C9H18N2O2/c1-7(2)11-9(12)5-8-6-13-4-3-10-8/h7-8,10H,3-6H2,1-2H3,(H,11,12). The summed E-state index contributed by atoms with van der Waals surface area (Å²) in [5.74, 6) is 0.0954. The van der Waals surface area contributed by atoms with Gasteiger partial charge < -0.3 is 15.4 Å². The molecule has 0 spiro atoms. The maximum atomic E-state index is 11.3. The molecule has 0 aromatic rings. The molecule has 0 radical (unpaired) electrons. The smallest absolute Gasteiger partial charge is 0.221 e. The van der Waals surface area contributed by atoms with Gasteiger partial charge in [-0.25, -0.2) is 0 Å². The van der Waals surface area contributed by atoms with Crippen molar-refractivity contribution < 1.29 is 9.53 Å². The number of rotatable bonds is 3. The largest absolute Gasteiger partial charge is 0.378 e. The van der Waals surface area contributed by atoms with Crippen molar-refractivity contribution in [3.63, 3.8) is 0 Å². The number of ether oxygens (including phenoxy) is 1. The maximum absolute atomic E-state index is 11.3. The fourth-order valence-corrected chi connectivity index (χ4v) is 1.36. The van der Waals surface area contributed by atoms with E-state index in [0.29, 0.717) is 13.0 Å². The molecule has 0 bridgehead atoms. The monoisotopic (exact) mass is 186 g/mol. The van der Waals surface area contributed by atoms with Gasteiger partial charge in [-0.3, -0.25) is 4.79 Å². The summed E-state index contributed by atoms with van der Waals surface area (Å²) in [6.45, 7) is 6.17. The van der Waals surface area contributed by atoms with Crippen molar-refractivity contribution in [1.29, 1.82) is 0 Å². The Hall–Kier alpha value is -0.610. The number of amides is 1. The molecule has 1 rings (SSSR count). The van der Waals surface area contributed by atoms with Crippen LogP contribution in [0.15, 0.2) is 0 Å². The summed E-state index contributed by atoms with van der Waals surface area (Å²) in [7, 11) is 0. The van der Waals surface area contributed by atoms with E-state index in [0.717, 1.165) is 13.2 Å². The normalized spacial score (nSPS) is 23.2. The lowest BCUT2D eigenvalue weighted by Crippen LogP contribution is -2.45. The molecule has 1 heterocycles. The van der Waals surface area contributed by atoms with Crippen molar-refractivity contribution in [1.82, 2.24) is 10.6 Å². The summed E-state index contributed by atoms with van der Waals surface area (Å²) in [5.41, 5.74) is 0. The van der Waals surface area contributed by atoms with E-state index in [-0.39, 0.29) is 18.0 Å². The summed E-state index contributed by atoms with van der Waals surface area (Å²) in [5, 5.41) is 6.09. The van der Waals surface area contributed by atoms with Crippen LogP contribution in [0, 0.1) is 0 Å². The summed E-state index contributed by atoms with van der Waals surface area (Å²) >= 11 is 0. The van der Waals surface area contributed by atoms with Crippen molar-refractivity contribution in [2.45, 2.75) is 32.4 Å². The number of nitrogens with one attached hydrogen (secondary N) is 2. The maximum Gasteiger partial charge on any atom is 0.221 e. The first-order valence-corrected chi connectivity index (χ1v) is 4.79. The zero-order valence-electron chi connectivity index (χ0n) is 8.30. The van der Waals surface area contributed by atoms with Gasteiger partial charge in [0.25, 0.3) is 0 Å². The summed E-state index contributed by atoms with van der Waals surface area (Å²) in [6, 6.07) is 0.407. The molecule has 1 unspecified atom stereocenters. The van der Waals surface area contributed by atoms with Crippen LogP contribution in [0.1, 0.15) is 20.3 Å². The van der Waals surface area contributed by atoms with Gasteiger partial charge in [-0.05, 0) is 13.8 Å². The van der Waals surface area contributed by atoms with Crippen LogP contribution in [-0.4, -0.2) is 37.7 Å². The van der Waals surface area contributed by atoms with Crippen LogP contribution in [0.3, 0.4) is 0 Å². The molecule has 0 aromatic carbocycles. The Labute approximate surface area is 79.0 Å². The van der Waals surface area contributed by atoms with E-state index in [1.165, 1.54) is 0 Å². The number of carbonyl (C=O) groups is 1.